The predicted octanol–water partition coefficient (Wildman–Crippen LogP) is 4.08. The molecule has 0 atom stereocenters. The van der Waals surface area contributed by atoms with Gasteiger partial charge in [0, 0.05) is 17.0 Å². The predicted molar refractivity (Wildman–Crippen MR) is 86.9 cm³/mol. The maximum atomic E-state index is 12.5. The first-order valence-electron chi connectivity index (χ1n) is 7.20. The van der Waals surface area contributed by atoms with E-state index in [9.17, 15) is 9.59 Å². The molecule has 4 rings (SSSR count). The SMILES string of the molecule is Cc1cc(=O)oc2c1ccc1oc(C(=O)c3ccccc3)cc12. The van der Waals surface area contributed by atoms with Crippen LogP contribution >= 0.6 is 0 Å². The van der Waals surface area contributed by atoms with Crippen LogP contribution in [0.4, 0.5) is 0 Å². The normalized spacial score (nSPS) is 11.2. The van der Waals surface area contributed by atoms with Gasteiger partial charge >= 0.3 is 5.63 Å². The Morgan fingerprint density at radius 2 is 1.70 bits per heavy atom. The number of ketones is 1. The van der Waals surface area contributed by atoms with Crippen molar-refractivity contribution in [1.29, 1.82) is 0 Å². The summed E-state index contributed by atoms with van der Waals surface area (Å²) < 4.78 is 11.0. The Labute approximate surface area is 131 Å². The Balaban J connectivity index is 1.96. The molecule has 2 aromatic heterocycles. The topological polar surface area (TPSA) is 60.4 Å². The van der Waals surface area contributed by atoms with Crippen LogP contribution in [0.15, 0.2) is 68.2 Å². The molecule has 0 N–H and O–H groups in total. The quantitative estimate of drug-likeness (QED) is 0.413. The van der Waals surface area contributed by atoms with Crippen molar-refractivity contribution in [2.24, 2.45) is 0 Å². The average Bonchev–Trinajstić information content (AvgIpc) is 2.99. The molecule has 0 spiro atoms. The van der Waals surface area contributed by atoms with Gasteiger partial charge in [0.05, 0.1) is 5.39 Å². The fraction of sp³-hybridized carbons (Fsp3) is 0.0526. The highest BCUT2D eigenvalue weighted by atomic mass is 16.4. The molecule has 0 bridgehead atoms. The van der Waals surface area contributed by atoms with Crippen LogP contribution in [-0.2, 0) is 0 Å². The van der Waals surface area contributed by atoms with Crippen molar-refractivity contribution in [3.05, 3.63) is 81.9 Å². The van der Waals surface area contributed by atoms with E-state index in [2.05, 4.69) is 0 Å². The zero-order valence-electron chi connectivity index (χ0n) is 12.3. The lowest BCUT2D eigenvalue weighted by atomic mass is 10.1. The van der Waals surface area contributed by atoms with E-state index in [0.717, 1.165) is 10.9 Å². The van der Waals surface area contributed by atoms with Crippen LogP contribution < -0.4 is 5.63 Å². The van der Waals surface area contributed by atoms with Crippen LogP contribution in [-0.4, -0.2) is 5.78 Å². The van der Waals surface area contributed by atoms with Gasteiger partial charge in [-0.2, -0.15) is 0 Å². The second-order valence-electron chi connectivity index (χ2n) is 5.41. The summed E-state index contributed by atoms with van der Waals surface area (Å²) in [7, 11) is 0. The van der Waals surface area contributed by atoms with Gasteiger partial charge in [-0.05, 0) is 30.7 Å². The van der Waals surface area contributed by atoms with E-state index in [1.54, 1.807) is 36.4 Å². The van der Waals surface area contributed by atoms with E-state index in [4.69, 9.17) is 8.83 Å². The van der Waals surface area contributed by atoms with E-state index in [-0.39, 0.29) is 11.5 Å². The Kier molecular flexibility index (Phi) is 2.91. The second kappa shape index (κ2) is 4.95. The van der Waals surface area contributed by atoms with Crippen molar-refractivity contribution in [1.82, 2.24) is 0 Å². The standard InChI is InChI=1S/C19H12O4/c1-11-9-17(20)23-19-13(11)7-8-15-14(19)10-16(22-15)18(21)12-5-3-2-4-6-12/h2-10H,1H3. The molecule has 0 aliphatic heterocycles. The van der Waals surface area contributed by atoms with Crippen molar-refractivity contribution >= 4 is 27.7 Å². The zero-order valence-corrected chi connectivity index (χ0v) is 12.3. The van der Waals surface area contributed by atoms with Gasteiger partial charge in [0.2, 0.25) is 5.78 Å². The van der Waals surface area contributed by atoms with E-state index < -0.39 is 5.63 Å². The highest BCUT2D eigenvalue weighted by molar-refractivity contribution is 6.12. The molecule has 4 nitrogen and oxygen atoms in total. The summed E-state index contributed by atoms with van der Waals surface area (Å²) >= 11 is 0. The summed E-state index contributed by atoms with van der Waals surface area (Å²) in [6, 6.07) is 15.6. The van der Waals surface area contributed by atoms with Crippen molar-refractivity contribution in [2.45, 2.75) is 6.92 Å². The van der Waals surface area contributed by atoms with Crippen molar-refractivity contribution in [2.75, 3.05) is 0 Å². The molecule has 0 saturated carbocycles. The smallest absolute Gasteiger partial charge is 0.336 e. The van der Waals surface area contributed by atoms with Crippen molar-refractivity contribution in [3.8, 4) is 0 Å². The summed E-state index contributed by atoms with van der Waals surface area (Å²) in [5.41, 5.74) is 1.93. The van der Waals surface area contributed by atoms with Gasteiger partial charge in [-0.1, -0.05) is 30.3 Å². The molecular weight excluding hydrogens is 292 g/mol. The van der Waals surface area contributed by atoms with E-state index in [0.29, 0.717) is 22.1 Å². The molecule has 2 heterocycles. The molecule has 0 unspecified atom stereocenters. The van der Waals surface area contributed by atoms with Gasteiger partial charge in [0.1, 0.15) is 11.2 Å². The van der Waals surface area contributed by atoms with Crippen molar-refractivity contribution < 1.29 is 13.6 Å². The lowest BCUT2D eigenvalue weighted by Gasteiger charge is -1.99. The Bertz CT molecular complexity index is 1100. The monoisotopic (exact) mass is 304 g/mol. The molecule has 2 aromatic carbocycles. The average molecular weight is 304 g/mol. The number of hydrogen-bond acceptors (Lipinski definition) is 4. The molecule has 23 heavy (non-hydrogen) atoms. The molecule has 0 radical (unpaired) electrons. The highest BCUT2D eigenvalue weighted by Gasteiger charge is 2.17. The van der Waals surface area contributed by atoms with Crippen LogP contribution in [0, 0.1) is 6.92 Å². The highest BCUT2D eigenvalue weighted by Crippen LogP contribution is 2.29. The number of carbonyl (C=O) groups excluding carboxylic acids is 1. The van der Waals surface area contributed by atoms with Gasteiger partial charge in [0.15, 0.2) is 5.76 Å². The van der Waals surface area contributed by atoms with Crippen LogP contribution in [0.25, 0.3) is 21.9 Å². The molecule has 112 valence electrons. The first kappa shape index (κ1) is 13.5. The number of rotatable bonds is 2. The zero-order chi connectivity index (χ0) is 16.0. The molecule has 0 aliphatic carbocycles. The Hall–Kier alpha value is -3.14. The third-order valence-electron chi connectivity index (χ3n) is 3.87. The third-order valence-corrected chi connectivity index (χ3v) is 3.87. The number of furan rings is 1. The van der Waals surface area contributed by atoms with E-state index in [1.807, 2.05) is 19.1 Å². The van der Waals surface area contributed by atoms with E-state index >= 15 is 0 Å². The number of fused-ring (bicyclic) bond motifs is 3. The van der Waals surface area contributed by atoms with Gasteiger partial charge in [-0.25, -0.2) is 4.79 Å². The molecule has 4 aromatic rings. The maximum absolute atomic E-state index is 12.5. The minimum absolute atomic E-state index is 0.204. The minimum Gasteiger partial charge on any atom is -0.452 e. The van der Waals surface area contributed by atoms with Crippen LogP contribution in [0.2, 0.25) is 0 Å². The lowest BCUT2D eigenvalue weighted by Crippen LogP contribution is -1.98. The van der Waals surface area contributed by atoms with Crippen LogP contribution in [0.1, 0.15) is 21.7 Å². The molecule has 0 fully saturated rings. The molecule has 4 heteroatoms. The number of benzene rings is 2. The summed E-state index contributed by atoms with van der Waals surface area (Å²) in [4.78, 5) is 24.1. The maximum Gasteiger partial charge on any atom is 0.336 e. The largest absolute Gasteiger partial charge is 0.452 e. The number of aryl methyl sites for hydroxylation is 1. The Morgan fingerprint density at radius 1 is 0.913 bits per heavy atom. The van der Waals surface area contributed by atoms with Crippen LogP contribution in [0.5, 0.6) is 0 Å². The fourth-order valence-electron chi connectivity index (χ4n) is 2.73. The Morgan fingerprint density at radius 3 is 2.48 bits per heavy atom. The first-order chi connectivity index (χ1) is 11.1. The number of carbonyl (C=O) groups is 1. The second-order valence-corrected chi connectivity index (χ2v) is 5.41. The molecule has 0 amide bonds. The number of hydrogen-bond donors (Lipinski definition) is 0. The van der Waals surface area contributed by atoms with Crippen molar-refractivity contribution in [3.63, 3.8) is 0 Å². The molecular formula is C19H12O4. The van der Waals surface area contributed by atoms with Gasteiger partial charge in [-0.15, -0.1) is 0 Å². The van der Waals surface area contributed by atoms with Crippen LogP contribution in [0.3, 0.4) is 0 Å². The summed E-state index contributed by atoms with van der Waals surface area (Å²) in [6.07, 6.45) is 0. The summed E-state index contributed by atoms with van der Waals surface area (Å²) in [5.74, 6) is 0.0211. The molecule has 0 saturated heterocycles. The lowest BCUT2D eigenvalue weighted by molar-refractivity contribution is 0.101. The third kappa shape index (κ3) is 2.16. The van der Waals surface area contributed by atoms with Gasteiger partial charge in [0.25, 0.3) is 0 Å². The summed E-state index contributed by atoms with van der Waals surface area (Å²) in [5, 5.41) is 1.46. The van der Waals surface area contributed by atoms with Gasteiger partial charge in [-0.3, -0.25) is 4.79 Å². The molecule has 0 aliphatic rings. The fourth-order valence-corrected chi connectivity index (χ4v) is 2.73. The first-order valence-corrected chi connectivity index (χ1v) is 7.20. The van der Waals surface area contributed by atoms with Gasteiger partial charge < -0.3 is 8.83 Å². The minimum atomic E-state index is -0.417. The van der Waals surface area contributed by atoms with E-state index in [1.165, 1.54) is 6.07 Å². The summed E-state index contributed by atoms with van der Waals surface area (Å²) in [6.45, 7) is 1.85.